The molecule has 0 spiro atoms. The summed E-state index contributed by atoms with van der Waals surface area (Å²) in [6.45, 7) is 1.51. The molecule has 0 bridgehead atoms. The predicted molar refractivity (Wildman–Crippen MR) is 83.8 cm³/mol. The van der Waals surface area contributed by atoms with Gasteiger partial charge < -0.3 is 5.32 Å². The van der Waals surface area contributed by atoms with E-state index in [1.165, 1.54) is 25.1 Å². The number of benzene rings is 1. The van der Waals surface area contributed by atoms with E-state index in [-0.39, 0.29) is 17.9 Å². The monoisotopic (exact) mass is 345 g/mol. The SMILES string of the molecule is CCS(=O)(=O)CC(=O)NCC1(c2c(F)cccc2F)CCCC1. The topological polar surface area (TPSA) is 63.2 Å². The number of sulfone groups is 1. The van der Waals surface area contributed by atoms with E-state index in [1.807, 2.05) is 0 Å². The fourth-order valence-corrected chi connectivity index (χ4v) is 3.90. The number of hydrogen-bond donors (Lipinski definition) is 1. The van der Waals surface area contributed by atoms with E-state index in [4.69, 9.17) is 0 Å². The normalized spacial score (nSPS) is 17.2. The molecular formula is C16H21F2NO3S. The smallest absolute Gasteiger partial charge is 0.235 e. The maximum absolute atomic E-state index is 14.1. The molecule has 0 heterocycles. The summed E-state index contributed by atoms with van der Waals surface area (Å²) in [5.74, 6) is -2.59. The Kier molecular flexibility index (Phi) is 5.39. The summed E-state index contributed by atoms with van der Waals surface area (Å²) < 4.78 is 51.3. The fourth-order valence-electron chi connectivity index (χ4n) is 3.19. The van der Waals surface area contributed by atoms with Crippen LogP contribution in [0.15, 0.2) is 18.2 Å². The minimum absolute atomic E-state index is 0.00357. The minimum atomic E-state index is -3.43. The van der Waals surface area contributed by atoms with Gasteiger partial charge in [-0.1, -0.05) is 25.8 Å². The molecule has 23 heavy (non-hydrogen) atoms. The molecule has 0 aromatic heterocycles. The first kappa shape index (κ1) is 17.8. The molecule has 0 saturated heterocycles. The van der Waals surface area contributed by atoms with Crippen molar-refractivity contribution in [3.8, 4) is 0 Å². The highest BCUT2D eigenvalue weighted by Crippen LogP contribution is 2.42. The molecule has 1 saturated carbocycles. The third kappa shape index (κ3) is 4.07. The first-order valence-corrected chi connectivity index (χ1v) is 9.53. The Balaban J connectivity index is 2.18. The van der Waals surface area contributed by atoms with Crippen molar-refractivity contribution in [2.45, 2.75) is 38.0 Å². The van der Waals surface area contributed by atoms with Crippen LogP contribution in [0.3, 0.4) is 0 Å². The van der Waals surface area contributed by atoms with Crippen LogP contribution in [-0.4, -0.2) is 32.4 Å². The van der Waals surface area contributed by atoms with Crippen LogP contribution in [0.2, 0.25) is 0 Å². The molecule has 1 aromatic rings. The number of carbonyl (C=O) groups is 1. The summed E-state index contributed by atoms with van der Waals surface area (Å²) in [6.07, 6.45) is 2.76. The molecule has 2 rings (SSSR count). The molecule has 0 radical (unpaired) electrons. The van der Waals surface area contributed by atoms with Gasteiger partial charge in [-0.3, -0.25) is 4.79 Å². The zero-order valence-electron chi connectivity index (χ0n) is 13.1. The Labute approximate surface area is 135 Å². The summed E-state index contributed by atoms with van der Waals surface area (Å²) in [7, 11) is -3.43. The van der Waals surface area contributed by atoms with Gasteiger partial charge in [0.15, 0.2) is 9.84 Å². The average molecular weight is 345 g/mol. The van der Waals surface area contributed by atoms with E-state index < -0.39 is 38.5 Å². The second kappa shape index (κ2) is 6.95. The summed E-state index contributed by atoms with van der Waals surface area (Å²) in [5, 5.41) is 2.56. The lowest BCUT2D eigenvalue weighted by Gasteiger charge is -2.30. The summed E-state index contributed by atoms with van der Waals surface area (Å²) in [5.41, 5.74) is -0.808. The number of halogens is 2. The van der Waals surface area contributed by atoms with Gasteiger partial charge in [0.05, 0.1) is 0 Å². The first-order valence-electron chi connectivity index (χ1n) is 7.71. The van der Waals surface area contributed by atoms with Gasteiger partial charge in [0.2, 0.25) is 5.91 Å². The third-order valence-corrected chi connectivity index (χ3v) is 6.05. The lowest BCUT2D eigenvalue weighted by Crippen LogP contribution is -2.42. The van der Waals surface area contributed by atoms with Gasteiger partial charge in [0.1, 0.15) is 17.4 Å². The second-order valence-electron chi connectivity index (χ2n) is 6.04. The fraction of sp³-hybridized carbons (Fsp3) is 0.562. The van der Waals surface area contributed by atoms with Crippen LogP contribution in [0.4, 0.5) is 8.78 Å². The number of carbonyl (C=O) groups excluding carboxylic acids is 1. The summed E-state index contributed by atoms with van der Waals surface area (Å²) >= 11 is 0. The second-order valence-corrected chi connectivity index (χ2v) is 8.39. The van der Waals surface area contributed by atoms with Crippen LogP contribution in [0, 0.1) is 11.6 Å². The highest BCUT2D eigenvalue weighted by Gasteiger charge is 2.40. The maximum atomic E-state index is 14.1. The van der Waals surface area contributed by atoms with Crippen molar-refractivity contribution in [1.82, 2.24) is 5.32 Å². The van der Waals surface area contributed by atoms with E-state index in [2.05, 4.69) is 5.32 Å². The Bertz CT molecular complexity index is 662. The molecule has 7 heteroatoms. The minimum Gasteiger partial charge on any atom is -0.354 e. The largest absolute Gasteiger partial charge is 0.354 e. The predicted octanol–water partition coefficient (Wildman–Crippen LogP) is 2.33. The van der Waals surface area contributed by atoms with Gasteiger partial charge in [0.25, 0.3) is 0 Å². The van der Waals surface area contributed by atoms with E-state index >= 15 is 0 Å². The molecule has 4 nitrogen and oxygen atoms in total. The van der Waals surface area contributed by atoms with Crippen LogP contribution in [-0.2, 0) is 20.0 Å². The van der Waals surface area contributed by atoms with Crippen molar-refractivity contribution in [3.63, 3.8) is 0 Å². The van der Waals surface area contributed by atoms with Crippen molar-refractivity contribution >= 4 is 15.7 Å². The number of rotatable bonds is 6. The summed E-state index contributed by atoms with van der Waals surface area (Å²) in [4.78, 5) is 11.8. The maximum Gasteiger partial charge on any atom is 0.235 e. The lowest BCUT2D eigenvalue weighted by molar-refractivity contribution is -0.118. The molecule has 1 N–H and O–H groups in total. The van der Waals surface area contributed by atoms with Crippen LogP contribution < -0.4 is 5.32 Å². The Morgan fingerprint density at radius 1 is 1.22 bits per heavy atom. The van der Waals surface area contributed by atoms with E-state index in [0.717, 1.165) is 12.8 Å². The molecule has 1 aromatic carbocycles. The number of hydrogen-bond acceptors (Lipinski definition) is 3. The van der Waals surface area contributed by atoms with Crippen LogP contribution in [0.5, 0.6) is 0 Å². The molecule has 1 amide bonds. The molecule has 1 fully saturated rings. The zero-order valence-corrected chi connectivity index (χ0v) is 13.9. The molecule has 1 aliphatic rings. The van der Waals surface area contributed by atoms with Gasteiger partial charge in [-0.2, -0.15) is 0 Å². The molecule has 1 aliphatic carbocycles. The van der Waals surface area contributed by atoms with Gasteiger partial charge in [-0.05, 0) is 25.0 Å². The van der Waals surface area contributed by atoms with Crippen molar-refractivity contribution < 1.29 is 22.0 Å². The van der Waals surface area contributed by atoms with Crippen LogP contribution in [0.25, 0.3) is 0 Å². The van der Waals surface area contributed by atoms with Crippen molar-refractivity contribution in [2.75, 3.05) is 18.1 Å². The van der Waals surface area contributed by atoms with E-state index in [9.17, 15) is 22.0 Å². The molecule has 0 aliphatic heterocycles. The molecule has 128 valence electrons. The average Bonchev–Trinajstić information content (AvgIpc) is 2.94. The van der Waals surface area contributed by atoms with Gasteiger partial charge in [-0.15, -0.1) is 0 Å². The van der Waals surface area contributed by atoms with Crippen molar-refractivity contribution in [1.29, 1.82) is 0 Å². The Hall–Kier alpha value is -1.50. The first-order chi connectivity index (χ1) is 10.8. The Morgan fingerprint density at radius 3 is 2.30 bits per heavy atom. The lowest BCUT2D eigenvalue weighted by atomic mass is 9.78. The summed E-state index contributed by atoms with van der Waals surface area (Å²) in [6, 6.07) is 3.73. The van der Waals surface area contributed by atoms with Gasteiger partial charge in [0, 0.05) is 23.3 Å². The molecule has 0 atom stereocenters. The quantitative estimate of drug-likeness (QED) is 0.861. The molecule has 0 unspecified atom stereocenters. The molecular weight excluding hydrogens is 324 g/mol. The van der Waals surface area contributed by atoms with Crippen LogP contribution >= 0.6 is 0 Å². The van der Waals surface area contributed by atoms with Crippen LogP contribution in [0.1, 0.15) is 38.2 Å². The van der Waals surface area contributed by atoms with Crippen molar-refractivity contribution in [3.05, 3.63) is 35.4 Å². The number of amides is 1. The van der Waals surface area contributed by atoms with Gasteiger partial charge in [-0.25, -0.2) is 17.2 Å². The highest BCUT2D eigenvalue weighted by molar-refractivity contribution is 7.92. The number of nitrogens with one attached hydrogen (secondary N) is 1. The Morgan fingerprint density at radius 2 is 1.78 bits per heavy atom. The zero-order chi connectivity index (χ0) is 17.1. The highest BCUT2D eigenvalue weighted by atomic mass is 32.2. The third-order valence-electron chi connectivity index (χ3n) is 4.47. The van der Waals surface area contributed by atoms with E-state index in [0.29, 0.717) is 12.8 Å². The standard InChI is InChI=1S/C16H21F2NO3S/c1-2-23(21,22)10-14(20)19-11-16(8-3-4-9-16)15-12(17)6-5-7-13(15)18/h5-7H,2-4,8-11H2,1H3,(H,19,20). The van der Waals surface area contributed by atoms with Gasteiger partial charge >= 0.3 is 0 Å². The van der Waals surface area contributed by atoms with Crippen molar-refractivity contribution in [2.24, 2.45) is 0 Å². The van der Waals surface area contributed by atoms with E-state index in [1.54, 1.807) is 0 Å².